The van der Waals surface area contributed by atoms with Gasteiger partial charge >= 0.3 is 12.4 Å². The molecule has 0 atom stereocenters. The minimum atomic E-state index is -5.09. The molecule has 2 aromatic rings. The summed E-state index contributed by atoms with van der Waals surface area (Å²) in [6, 6.07) is 10.6. The van der Waals surface area contributed by atoms with Gasteiger partial charge in [-0.15, -0.1) is 0 Å². The zero-order chi connectivity index (χ0) is 20.9. The van der Waals surface area contributed by atoms with Crippen molar-refractivity contribution in [2.24, 2.45) is 0 Å². The molecule has 2 rings (SSSR count). The molecule has 0 bridgehead atoms. The van der Waals surface area contributed by atoms with Crippen molar-refractivity contribution >= 4 is 11.6 Å². The first kappa shape index (κ1) is 21.3. The van der Waals surface area contributed by atoms with Crippen LogP contribution in [0.3, 0.4) is 0 Å². The van der Waals surface area contributed by atoms with Crippen LogP contribution < -0.4 is 0 Å². The molecule has 150 valence electrons. The Kier molecular flexibility index (Phi) is 6.32. The number of benzene rings is 1. The second-order valence-corrected chi connectivity index (χ2v) is 5.48. The summed E-state index contributed by atoms with van der Waals surface area (Å²) >= 11 is 0. The summed E-state index contributed by atoms with van der Waals surface area (Å²) in [6.07, 6.45) is -9.47. The molecule has 0 unspecified atom stereocenters. The van der Waals surface area contributed by atoms with Crippen molar-refractivity contribution in [3.8, 4) is 11.3 Å². The number of allylic oxidation sites excluding steroid dienone is 1. The lowest BCUT2D eigenvalue weighted by molar-refractivity contribution is -0.165. The van der Waals surface area contributed by atoms with Gasteiger partial charge in [0.1, 0.15) is 6.61 Å². The first-order valence-corrected chi connectivity index (χ1v) is 7.77. The molecule has 0 radical (unpaired) electrons. The van der Waals surface area contributed by atoms with Crippen molar-refractivity contribution in [1.82, 2.24) is 4.57 Å². The van der Waals surface area contributed by atoms with Crippen molar-refractivity contribution in [1.29, 1.82) is 0 Å². The zero-order valence-corrected chi connectivity index (χ0v) is 14.1. The second kappa shape index (κ2) is 8.32. The highest BCUT2D eigenvalue weighted by atomic mass is 19.4. The first-order chi connectivity index (χ1) is 13.0. The van der Waals surface area contributed by atoms with E-state index in [0.29, 0.717) is 17.5 Å². The van der Waals surface area contributed by atoms with Crippen LogP contribution in [0.15, 0.2) is 54.8 Å². The van der Waals surface area contributed by atoms with E-state index in [-0.39, 0.29) is 19.2 Å². The van der Waals surface area contributed by atoms with Gasteiger partial charge in [-0.2, -0.15) is 26.3 Å². The Hall–Kier alpha value is -3.04. The van der Waals surface area contributed by atoms with E-state index in [4.69, 9.17) is 4.74 Å². The fraction of sp³-hybridized carbons (Fsp3) is 0.222. The normalized spacial score (nSPS) is 12.4. The van der Waals surface area contributed by atoms with Crippen LogP contribution in [0.5, 0.6) is 0 Å². The number of ketones is 2. The van der Waals surface area contributed by atoms with E-state index in [1.807, 2.05) is 0 Å². The number of Topliss-reactive ketones (excluding diaryl/α,β-unsaturated/α-hetero) is 1. The van der Waals surface area contributed by atoms with Gasteiger partial charge in [0.05, 0.1) is 18.5 Å². The molecular formula is C18H13F6NO3. The highest BCUT2D eigenvalue weighted by Crippen LogP contribution is 2.27. The van der Waals surface area contributed by atoms with E-state index in [1.165, 1.54) is 6.07 Å². The molecule has 0 saturated carbocycles. The van der Waals surface area contributed by atoms with Crippen LogP contribution in [0, 0.1) is 0 Å². The molecule has 4 nitrogen and oxygen atoms in total. The Morgan fingerprint density at radius 3 is 2.14 bits per heavy atom. The fourth-order valence-corrected chi connectivity index (χ4v) is 2.33. The third-order valence-electron chi connectivity index (χ3n) is 3.57. The van der Waals surface area contributed by atoms with Crippen molar-refractivity contribution in [2.75, 3.05) is 6.61 Å². The van der Waals surface area contributed by atoms with Crippen LogP contribution in [0.2, 0.25) is 0 Å². The highest BCUT2D eigenvalue weighted by Gasteiger charge is 2.41. The van der Waals surface area contributed by atoms with Crippen molar-refractivity contribution in [3.63, 3.8) is 0 Å². The number of ether oxygens (including phenoxy) is 1. The maximum atomic E-state index is 12.8. The van der Waals surface area contributed by atoms with Crippen LogP contribution >= 0.6 is 0 Å². The Balaban J connectivity index is 2.21. The Morgan fingerprint density at radius 2 is 1.57 bits per heavy atom. The van der Waals surface area contributed by atoms with E-state index >= 15 is 0 Å². The third-order valence-corrected chi connectivity index (χ3v) is 3.57. The van der Waals surface area contributed by atoms with Gasteiger partial charge in [-0.1, -0.05) is 30.3 Å². The number of carbonyl (C=O) groups excluding carboxylic acids is 2. The lowest BCUT2D eigenvalue weighted by Gasteiger charge is -2.14. The Morgan fingerprint density at radius 1 is 0.929 bits per heavy atom. The number of aromatic nitrogens is 1. The molecule has 0 aliphatic carbocycles. The first-order valence-electron chi connectivity index (χ1n) is 7.77. The molecule has 1 aromatic carbocycles. The Labute approximate surface area is 155 Å². The van der Waals surface area contributed by atoms with E-state index in [2.05, 4.69) is 0 Å². The zero-order valence-electron chi connectivity index (χ0n) is 14.1. The van der Waals surface area contributed by atoms with Crippen LogP contribution in [0.25, 0.3) is 11.3 Å². The van der Waals surface area contributed by atoms with Crippen LogP contribution in [-0.4, -0.2) is 35.1 Å². The number of rotatable bonds is 7. The van der Waals surface area contributed by atoms with Crippen molar-refractivity contribution in [2.45, 2.75) is 18.9 Å². The third kappa shape index (κ3) is 5.24. The molecule has 1 heterocycles. The van der Waals surface area contributed by atoms with Crippen molar-refractivity contribution in [3.05, 3.63) is 60.5 Å². The Bertz CT molecular complexity index is 866. The highest BCUT2D eigenvalue weighted by molar-refractivity contribution is 5.99. The van der Waals surface area contributed by atoms with Gasteiger partial charge in [0.25, 0.3) is 11.6 Å². The SMILES string of the molecule is O=C(/C=C/OCCn1c(C(=O)C(F)(F)F)ccc1-c1ccccc1)C(F)(F)F. The summed E-state index contributed by atoms with van der Waals surface area (Å²) in [5.74, 6) is -4.19. The van der Waals surface area contributed by atoms with Gasteiger partial charge in [-0.25, -0.2) is 0 Å². The monoisotopic (exact) mass is 405 g/mol. The van der Waals surface area contributed by atoms with Crippen LogP contribution in [0.1, 0.15) is 10.5 Å². The van der Waals surface area contributed by atoms with E-state index in [0.717, 1.165) is 10.6 Å². The summed E-state index contributed by atoms with van der Waals surface area (Å²) in [7, 11) is 0. The fourth-order valence-electron chi connectivity index (χ4n) is 2.33. The van der Waals surface area contributed by atoms with Gasteiger partial charge in [-0.05, 0) is 17.7 Å². The molecular weight excluding hydrogens is 392 g/mol. The average Bonchev–Trinajstić information content (AvgIpc) is 3.03. The summed E-state index contributed by atoms with van der Waals surface area (Å²) in [5.41, 5.74) is 0.198. The minimum absolute atomic E-state index is 0.162. The lowest BCUT2D eigenvalue weighted by Crippen LogP contribution is -2.26. The lowest BCUT2D eigenvalue weighted by atomic mass is 10.1. The van der Waals surface area contributed by atoms with E-state index in [1.54, 1.807) is 30.3 Å². The number of nitrogens with zero attached hydrogens (tertiary/aromatic N) is 1. The maximum absolute atomic E-state index is 12.8. The second-order valence-electron chi connectivity index (χ2n) is 5.48. The van der Waals surface area contributed by atoms with Gasteiger partial charge in [0, 0.05) is 11.8 Å². The summed E-state index contributed by atoms with van der Waals surface area (Å²) in [5, 5.41) is 0. The van der Waals surface area contributed by atoms with Gasteiger partial charge in [0.2, 0.25) is 0 Å². The molecule has 1 aromatic heterocycles. The molecule has 0 N–H and O–H groups in total. The molecule has 0 saturated heterocycles. The topological polar surface area (TPSA) is 48.3 Å². The molecule has 28 heavy (non-hydrogen) atoms. The van der Waals surface area contributed by atoms with Crippen molar-refractivity contribution < 1.29 is 40.7 Å². The molecule has 0 fully saturated rings. The molecule has 0 amide bonds. The number of alkyl halides is 6. The quantitative estimate of drug-likeness (QED) is 0.223. The standard InChI is InChI=1S/C18H13F6NO3/c19-17(20,21)15(26)8-10-28-11-9-25-13(12-4-2-1-3-5-12)6-7-14(25)16(27)18(22,23)24/h1-8,10H,9,11H2/b10-8+. The molecule has 0 aliphatic heterocycles. The summed E-state index contributed by atoms with van der Waals surface area (Å²) in [4.78, 5) is 22.3. The van der Waals surface area contributed by atoms with Crippen LogP contribution in [-0.2, 0) is 16.1 Å². The number of hydrogen-bond donors (Lipinski definition) is 0. The van der Waals surface area contributed by atoms with Gasteiger partial charge < -0.3 is 9.30 Å². The summed E-state index contributed by atoms with van der Waals surface area (Å²) in [6.45, 7) is -0.632. The predicted octanol–water partition coefficient (Wildman–Crippen LogP) is 4.56. The predicted molar refractivity (Wildman–Crippen MR) is 86.4 cm³/mol. The minimum Gasteiger partial charge on any atom is -0.499 e. The van der Waals surface area contributed by atoms with Gasteiger partial charge in [-0.3, -0.25) is 9.59 Å². The van der Waals surface area contributed by atoms with Crippen LogP contribution in [0.4, 0.5) is 26.3 Å². The average molecular weight is 405 g/mol. The molecule has 0 spiro atoms. The summed E-state index contributed by atoms with van der Waals surface area (Å²) < 4.78 is 80.5. The van der Waals surface area contributed by atoms with E-state index in [9.17, 15) is 35.9 Å². The maximum Gasteiger partial charge on any atom is 0.456 e. The number of hydrogen-bond acceptors (Lipinski definition) is 3. The number of carbonyl (C=O) groups is 2. The smallest absolute Gasteiger partial charge is 0.456 e. The molecule has 10 heteroatoms. The van der Waals surface area contributed by atoms with Gasteiger partial charge in [0.15, 0.2) is 0 Å². The van der Waals surface area contributed by atoms with E-state index < -0.39 is 29.6 Å². The largest absolute Gasteiger partial charge is 0.499 e. The molecule has 0 aliphatic rings. The number of halogens is 6.